The molecule has 1 N–H and O–H groups in total. The lowest BCUT2D eigenvalue weighted by molar-refractivity contribution is -0.240. The number of hydrogen-bond acceptors (Lipinski definition) is 27. The van der Waals surface area contributed by atoms with Gasteiger partial charge in [0.2, 0.25) is 0 Å². The molecule has 0 aromatic heterocycles. The first kappa shape index (κ1) is 61.1. The summed E-state index contributed by atoms with van der Waals surface area (Å²) < 4.78 is 142. The van der Waals surface area contributed by atoms with Crippen LogP contribution in [0.15, 0.2) is 0 Å². The highest BCUT2D eigenvalue weighted by molar-refractivity contribution is 7.46. The number of phosphoric acid groups is 4. The first-order valence-electron chi connectivity index (χ1n) is 22.0. The van der Waals surface area contributed by atoms with Crippen LogP contribution < -0.4 is 19.6 Å². The highest BCUT2D eigenvalue weighted by atomic mass is 31.2. The molecule has 0 aliphatic carbocycles. The van der Waals surface area contributed by atoms with Crippen LogP contribution in [0.25, 0.3) is 0 Å². The van der Waals surface area contributed by atoms with Gasteiger partial charge in [0.1, 0.15) is 68.0 Å². The van der Waals surface area contributed by atoms with Gasteiger partial charge in [0, 0.05) is 65.3 Å². The molecule has 396 valence electrons. The Balaban J connectivity index is 0.000000261. The highest BCUT2D eigenvalue weighted by Crippen LogP contribution is 2.49. The van der Waals surface area contributed by atoms with Crippen LogP contribution in [0.1, 0.15) is 45.4 Å². The van der Waals surface area contributed by atoms with Crippen molar-refractivity contribution in [2.75, 3.05) is 68.1 Å². The molecule has 6 heterocycles. The zero-order valence-corrected chi connectivity index (χ0v) is 42.6. The van der Waals surface area contributed by atoms with Crippen LogP contribution in [0.3, 0.4) is 0 Å². The van der Waals surface area contributed by atoms with E-state index in [-0.39, 0.29) is 45.5 Å². The van der Waals surface area contributed by atoms with E-state index >= 15 is 0 Å². The molecule has 0 amide bonds. The lowest BCUT2D eigenvalue weighted by atomic mass is 9.96. The number of aliphatic hydroxyl groups excluding tert-OH is 1. The molecule has 8 radical (unpaired) electrons. The van der Waals surface area contributed by atoms with E-state index in [9.17, 15) is 42.9 Å². The summed E-state index contributed by atoms with van der Waals surface area (Å²) in [5.74, 6) is 0. The molecule has 0 spiro atoms. The third-order valence-corrected chi connectivity index (χ3v) is 15.4. The number of methoxy groups -OCH3 is 4. The van der Waals surface area contributed by atoms with E-state index in [2.05, 4.69) is 0 Å². The maximum atomic E-state index is 12.4. The summed E-state index contributed by atoms with van der Waals surface area (Å²) in [6.45, 7) is -0.172. The molecule has 6 rings (SSSR count). The maximum absolute atomic E-state index is 12.4. The van der Waals surface area contributed by atoms with E-state index in [1.807, 2.05) is 0 Å². The van der Waals surface area contributed by atoms with Gasteiger partial charge in [-0.1, -0.05) is 0 Å². The monoisotopic (exact) mass is 1080 g/mol. The van der Waals surface area contributed by atoms with Crippen LogP contribution in [-0.2, 0) is 102 Å². The lowest BCUT2D eigenvalue weighted by Crippen LogP contribution is -2.33. The van der Waals surface area contributed by atoms with E-state index in [4.69, 9.17) is 115 Å². The molecule has 0 saturated carbocycles. The topological polar surface area (TPSA) is 347 Å². The second-order valence-corrected chi connectivity index (χ2v) is 22.3. The summed E-state index contributed by atoms with van der Waals surface area (Å²) in [6, 6.07) is -2.65. The van der Waals surface area contributed by atoms with Gasteiger partial charge in [-0.2, -0.15) is 0 Å². The normalized spacial score (nSPS) is 41.1. The SMILES string of the molecule is [B][C@H]1CC(OC)[C@@H](COP(=O)([O-])OC2CC(O)O[C@@H]2COP(=O)([O-])OC2C[C@H]([B])O[C@@H]2COC)O1.[B][C@H]1CC(OC)[C@@H](COP(=O)([O-])OC2C[C@H](C)O[C@@H]2COP(=O)([O-])OC2C[C@H]([B])O[C@@H]2COC)O1. The Morgan fingerprint density at radius 1 is 0.429 bits per heavy atom. The molecule has 35 heteroatoms. The smallest absolute Gasteiger partial charge is 0.268 e. The molecule has 0 bridgehead atoms. The molecule has 70 heavy (non-hydrogen) atoms. The minimum absolute atomic E-state index is 0.0496. The first-order chi connectivity index (χ1) is 32.8. The fourth-order valence-electron chi connectivity index (χ4n) is 8.20. The molecule has 11 unspecified atom stereocenters. The molecule has 27 nitrogen and oxygen atoms in total. The molecule has 6 aliphatic rings. The summed E-state index contributed by atoms with van der Waals surface area (Å²) in [7, 11) is 9.02. The van der Waals surface area contributed by atoms with E-state index in [1.54, 1.807) is 6.92 Å². The van der Waals surface area contributed by atoms with Crippen molar-refractivity contribution < 1.29 is 126 Å². The van der Waals surface area contributed by atoms with Crippen molar-refractivity contribution >= 4 is 62.7 Å². The third-order valence-electron chi connectivity index (χ3n) is 11.4. The van der Waals surface area contributed by atoms with Gasteiger partial charge >= 0.3 is 0 Å². The highest BCUT2D eigenvalue weighted by Gasteiger charge is 2.43. The number of ether oxygens (including phenoxy) is 10. The molecule has 6 aliphatic heterocycles. The Morgan fingerprint density at radius 3 is 1.03 bits per heavy atom. The zero-order valence-electron chi connectivity index (χ0n) is 39.0. The Morgan fingerprint density at radius 2 is 0.700 bits per heavy atom. The van der Waals surface area contributed by atoms with E-state index in [1.165, 1.54) is 28.4 Å². The van der Waals surface area contributed by atoms with Crippen LogP contribution in [0.2, 0.25) is 0 Å². The molecule has 6 fully saturated rings. The number of phosphoric ester groups is 4. The van der Waals surface area contributed by atoms with Crippen molar-refractivity contribution in [3.8, 4) is 0 Å². The van der Waals surface area contributed by atoms with Crippen LogP contribution >= 0.6 is 31.3 Å². The van der Waals surface area contributed by atoms with Crippen LogP contribution in [0.4, 0.5) is 0 Å². The van der Waals surface area contributed by atoms with Crippen molar-refractivity contribution in [1.29, 1.82) is 0 Å². The number of hydrogen-bond donors (Lipinski definition) is 1. The Labute approximate surface area is 411 Å². The molecular formula is C35H58B4O27P4-4. The summed E-state index contributed by atoms with van der Waals surface area (Å²) in [5, 5.41) is 9.78. The van der Waals surface area contributed by atoms with Crippen molar-refractivity contribution in [2.24, 2.45) is 0 Å². The van der Waals surface area contributed by atoms with Crippen LogP contribution in [-0.4, -0.2) is 214 Å². The van der Waals surface area contributed by atoms with Gasteiger partial charge in [0.05, 0.1) is 82.4 Å². The van der Waals surface area contributed by atoms with Gasteiger partial charge in [-0.15, -0.1) is 0 Å². The van der Waals surface area contributed by atoms with Crippen LogP contribution in [0, 0.1) is 0 Å². The van der Waals surface area contributed by atoms with Crippen molar-refractivity contribution in [2.45, 2.75) is 155 Å². The van der Waals surface area contributed by atoms with E-state index < -0.39 is 161 Å². The molecular weight excluding hydrogens is 1020 g/mol. The predicted molar refractivity (Wildman–Crippen MR) is 230 cm³/mol. The average Bonchev–Trinajstić information content (AvgIpc) is 4.12. The zero-order chi connectivity index (χ0) is 51.6. The summed E-state index contributed by atoms with van der Waals surface area (Å²) >= 11 is 0. The molecule has 22 atom stereocenters. The van der Waals surface area contributed by atoms with E-state index in [0.717, 1.165) is 0 Å². The second kappa shape index (κ2) is 27.5. The van der Waals surface area contributed by atoms with Gasteiger partial charge < -0.3 is 108 Å². The van der Waals surface area contributed by atoms with E-state index in [0.29, 0.717) is 12.8 Å². The minimum Gasteiger partial charge on any atom is -0.756 e. The standard InChI is InChI=1S/C18H32B2O13P2.C17H30B2O14P2/c1-10-4-12(32-34(21,22)27-8-15-11(26-3)5-17(19)31-15)16(29-10)9-28-35(23,24)33-13-6-18(20)30-14(13)7-25-2;1-25-6-12-10(4-16(19)29-12)32-34(21,22)28-8-14-11(5-17(20)31-14)33-35(23,24)27-7-13-9(26-2)3-15(18)30-13/h10-18H,4-9H2,1-3H3,(H,21,22)(H,23,24);9-17,20H,3-8H2,1-2H3,(H,21,22)(H,23,24)/p-4/t10-,11?,12?,13?,14+,15+,16+,17+,18+;9?,10?,11?,12-,13-,14-,15-,16-,17?/m01/s1. The Bertz CT molecular complexity index is 1680. The Kier molecular flexibility index (Phi) is 24.0. The van der Waals surface area contributed by atoms with Crippen molar-refractivity contribution in [1.82, 2.24) is 0 Å². The van der Waals surface area contributed by atoms with Gasteiger partial charge in [-0.3, -0.25) is 18.3 Å². The minimum atomic E-state index is -4.92. The van der Waals surface area contributed by atoms with Crippen LogP contribution in [0.5, 0.6) is 0 Å². The summed E-state index contributed by atoms with van der Waals surface area (Å²) in [5.41, 5.74) is 0. The van der Waals surface area contributed by atoms with Gasteiger partial charge in [-0.05, 0) is 32.6 Å². The number of aliphatic hydroxyl groups is 1. The van der Waals surface area contributed by atoms with Crippen molar-refractivity contribution in [3.63, 3.8) is 0 Å². The number of rotatable bonds is 26. The first-order valence-corrected chi connectivity index (χ1v) is 27.9. The molecule has 0 aromatic carbocycles. The summed E-state index contributed by atoms with van der Waals surface area (Å²) in [4.78, 5) is 49.4. The van der Waals surface area contributed by atoms with Crippen molar-refractivity contribution in [3.05, 3.63) is 0 Å². The maximum Gasteiger partial charge on any atom is 0.268 e. The van der Waals surface area contributed by atoms with Gasteiger partial charge in [-0.25, -0.2) is 0 Å². The largest absolute Gasteiger partial charge is 0.756 e. The lowest BCUT2D eigenvalue weighted by Gasteiger charge is -2.32. The fourth-order valence-corrected chi connectivity index (χ4v) is 12.0. The fraction of sp³-hybridized carbons (Fsp3) is 1.00. The predicted octanol–water partition coefficient (Wildman–Crippen LogP) is -2.80. The third kappa shape index (κ3) is 19.4. The molecule has 6 saturated heterocycles. The Hall–Kier alpha value is 0.260. The van der Waals surface area contributed by atoms with Gasteiger partial charge in [0.25, 0.3) is 31.3 Å². The average molecular weight is 1080 g/mol. The van der Waals surface area contributed by atoms with Gasteiger partial charge in [0.15, 0.2) is 6.29 Å². The quantitative estimate of drug-likeness (QED) is 0.0675. The second-order valence-electron chi connectivity index (χ2n) is 16.9. The molecule has 0 aromatic rings. The summed E-state index contributed by atoms with van der Waals surface area (Å²) in [6.07, 6.45) is -11.1.